The van der Waals surface area contributed by atoms with Crippen molar-refractivity contribution in [1.29, 1.82) is 5.26 Å². The quantitative estimate of drug-likeness (QED) is 0.278. The van der Waals surface area contributed by atoms with Crippen molar-refractivity contribution in [2.24, 2.45) is 0 Å². The van der Waals surface area contributed by atoms with Crippen molar-refractivity contribution in [1.82, 2.24) is 0 Å². The van der Waals surface area contributed by atoms with Gasteiger partial charge in [0.2, 0.25) is 11.6 Å². The van der Waals surface area contributed by atoms with Crippen molar-refractivity contribution in [3.8, 4) is 6.07 Å². The minimum absolute atomic E-state index is 0.0744. The van der Waals surface area contributed by atoms with Crippen molar-refractivity contribution in [2.75, 3.05) is 0 Å². The molecule has 0 bridgehead atoms. The summed E-state index contributed by atoms with van der Waals surface area (Å²) >= 11 is 0. The van der Waals surface area contributed by atoms with Gasteiger partial charge in [0.05, 0.1) is 11.6 Å². The monoisotopic (exact) mass is 375 g/mol. The van der Waals surface area contributed by atoms with Crippen LogP contribution in [0.15, 0.2) is 83.6 Å². The average Bonchev–Trinajstić information content (AvgIpc) is 2.66. The van der Waals surface area contributed by atoms with Gasteiger partial charge in [0.1, 0.15) is 0 Å². The second-order valence-corrected chi connectivity index (χ2v) is 5.76. The van der Waals surface area contributed by atoms with Gasteiger partial charge in [0, 0.05) is 16.7 Å². The maximum absolute atomic E-state index is 10.7. The van der Waals surface area contributed by atoms with E-state index in [9.17, 15) is 24.0 Å². The molecule has 0 saturated carbocycles. The van der Waals surface area contributed by atoms with Crippen molar-refractivity contribution < 1.29 is 24.0 Å². The molecule has 0 saturated heterocycles. The lowest BCUT2D eigenvalue weighted by Gasteiger charge is -1.98. The molecule has 0 radical (unpaired) electrons. The minimum atomic E-state index is -0.421. The van der Waals surface area contributed by atoms with E-state index < -0.39 is 11.6 Å². The molecule has 3 aliphatic rings. The Kier molecular flexibility index (Phi) is 8.07. The summed E-state index contributed by atoms with van der Waals surface area (Å²) < 4.78 is 0. The highest BCUT2D eigenvalue weighted by Crippen LogP contribution is 2.09. The highest BCUT2D eigenvalue weighted by molar-refractivity contribution is 6.48. The van der Waals surface area contributed by atoms with Gasteiger partial charge in [-0.25, -0.2) is 0 Å². The minimum Gasteiger partial charge on any atom is -0.290 e. The van der Waals surface area contributed by atoms with Crippen LogP contribution in [0.4, 0.5) is 0 Å². The molecule has 0 unspecified atom stereocenters. The van der Waals surface area contributed by atoms with Crippen molar-refractivity contribution in [3.05, 3.63) is 83.6 Å². The summed E-state index contributed by atoms with van der Waals surface area (Å²) in [5.74, 6) is -1.12. The summed E-state index contributed by atoms with van der Waals surface area (Å²) in [5.41, 5.74) is 1.88. The first kappa shape index (κ1) is 22.1. The SMILES string of the molecule is C=C1C=C(C#N)C=CC1=O.CC1=CC(=O)C=CC1=O.CC1=CC=CC(=O)C1=O. The molecule has 0 aromatic heterocycles. The number of nitriles is 1. The standard InChI is InChI=1S/C8H5NO.2C7H6O2/c1-6-4-7(5-9)2-3-8(6)10;1-5-4-6(8)2-3-7(5)9;1-5-3-2-4-6(8)7(5)9/h2-4H,1H2;2*2-4H,1H3. The Labute approximate surface area is 162 Å². The normalized spacial score (nSPS) is 17.5. The van der Waals surface area contributed by atoms with Crippen LogP contribution in [0.2, 0.25) is 0 Å². The number of nitrogens with zero attached hydrogens (tertiary/aromatic N) is 1. The Balaban J connectivity index is 0.000000210. The summed E-state index contributed by atoms with van der Waals surface area (Å²) in [6.07, 6.45) is 12.7. The van der Waals surface area contributed by atoms with Gasteiger partial charge in [0.15, 0.2) is 17.3 Å². The first-order valence-electron chi connectivity index (χ1n) is 8.07. The zero-order valence-corrected chi connectivity index (χ0v) is 15.4. The Bertz CT molecular complexity index is 976. The van der Waals surface area contributed by atoms with Crippen LogP contribution in [0.1, 0.15) is 13.8 Å². The Morgan fingerprint density at radius 2 is 1.43 bits per heavy atom. The van der Waals surface area contributed by atoms with Crippen LogP contribution in [0.25, 0.3) is 0 Å². The number of hydrogen-bond acceptors (Lipinski definition) is 6. The van der Waals surface area contributed by atoms with Gasteiger partial charge >= 0.3 is 0 Å². The third-order valence-electron chi connectivity index (χ3n) is 3.51. The number of carbonyl (C=O) groups excluding carboxylic acids is 5. The van der Waals surface area contributed by atoms with Crippen LogP contribution >= 0.6 is 0 Å². The number of carbonyl (C=O) groups is 5. The van der Waals surface area contributed by atoms with Crippen LogP contribution in [0.3, 0.4) is 0 Å². The number of hydrogen-bond donors (Lipinski definition) is 0. The second kappa shape index (κ2) is 10.2. The number of rotatable bonds is 0. The summed E-state index contributed by atoms with van der Waals surface area (Å²) in [6, 6.07) is 1.92. The summed E-state index contributed by atoms with van der Waals surface area (Å²) in [7, 11) is 0. The second-order valence-electron chi connectivity index (χ2n) is 5.76. The highest BCUT2D eigenvalue weighted by atomic mass is 16.2. The summed E-state index contributed by atoms with van der Waals surface area (Å²) in [6.45, 7) is 6.72. The zero-order valence-electron chi connectivity index (χ0n) is 15.4. The molecule has 28 heavy (non-hydrogen) atoms. The van der Waals surface area contributed by atoms with E-state index in [0.29, 0.717) is 22.3 Å². The fourth-order valence-corrected chi connectivity index (χ4v) is 1.90. The number of ketones is 5. The van der Waals surface area contributed by atoms with Gasteiger partial charge in [-0.1, -0.05) is 18.7 Å². The maximum Gasteiger partial charge on any atom is 0.228 e. The molecule has 6 nitrogen and oxygen atoms in total. The largest absolute Gasteiger partial charge is 0.290 e. The Hall–Kier alpha value is -3.98. The van der Waals surface area contributed by atoms with E-state index in [1.165, 1.54) is 42.5 Å². The van der Waals surface area contributed by atoms with E-state index in [-0.39, 0.29) is 17.3 Å². The fraction of sp³-hybridized carbons (Fsp3) is 0.0909. The van der Waals surface area contributed by atoms with Crippen LogP contribution in [-0.2, 0) is 24.0 Å². The molecule has 0 atom stereocenters. The molecule has 0 heterocycles. The van der Waals surface area contributed by atoms with Crippen molar-refractivity contribution in [3.63, 3.8) is 0 Å². The predicted molar refractivity (Wildman–Crippen MR) is 103 cm³/mol. The number of allylic oxidation sites excluding steroid dienone is 13. The van der Waals surface area contributed by atoms with E-state index >= 15 is 0 Å². The molecule has 3 aliphatic carbocycles. The molecule has 0 spiro atoms. The molecular weight excluding hydrogens is 358 g/mol. The lowest BCUT2D eigenvalue weighted by molar-refractivity contribution is -0.131. The van der Waals surface area contributed by atoms with Crippen molar-refractivity contribution >= 4 is 28.9 Å². The van der Waals surface area contributed by atoms with E-state index in [4.69, 9.17) is 5.26 Å². The van der Waals surface area contributed by atoms with Crippen LogP contribution in [0.5, 0.6) is 0 Å². The van der Waals surface area contributed by atoms with Gasteiger partial charge in [0.25, 0.3) is 0 Å². The van der Waals surface area contributed by atoms with E-state index in [1.54, 1.807) is 26.0 Å². The first-order valence-corrected chi connectivity index (χ1v) is 8.07. The molecule has 0 fully saturated rings. The van der Waals surface area contributed by atoms with Gasteiger partial charge in [-0.15, -0.1) is 0 Å². The van der Waals surface area contributed by atoms with Crippen LogP contribution in [-0.4, -0.2) is 28.9 Å². The predicted octanol–water partition coefficient (Wildman–Crippen LogP) is 2.41. The molecule has 0 amide bonds. The molecule has 6 heteroatoms. The lowest BCUT2D eigenvalue weighted by atomic mass is 10.0. The van der Waals surface area contributed by atoms with Crippen LogP contribution < -0.4 is 0 Å². The first-order chi connectivity index (χ1) is 13.1. The molecule has 140 valence electrons. The van der Waals surface area contributed by atoms with Crippen LogP contribution in [0, 0.1) is 11.3 Å². The van der Waals surface area contributed by atoms with E-state index in [2.05, 4.69) is 6.58 Å². The average molecular weight is 375 g/mol. The summed E-state index contributed by atoms with van der Waals surface area (Å²) in [5, 5.41) is 8.37. The van der Waals surface area contributed by atoms with E-state index in [0.717, 1.165) is 0 Å². The zero-order chi connectivity index (χ0) is 21.3. The molecule has 0 aromatic carbocycles. The molecule has 3 rings (SSSR count). The maximum atomic E-state index is 10.7. The van der Waals surface area contributed by atoms with E-state index in [1.807, 2.05) is 6.07 Å². The topological polar surface area (TPSA) is 109 Å². The number of Topliss-reactive ketones (excluding diaryl/α,β-unsaturated/α-hetero) is 1. The molecule has 0 aromatic rings. The molecule has 0 N–H and O–H groups in total. The molecule has 0 aliphatic heterocycles. The summed E-state index contributed by atoms with van der Waals surface area (Å²) in [4.78, 5) is 53.0. The van der Waals surface area contributed by atoms with Gasteiger partial charge in [-0.3, -0.25) is 24.0 Å². The van der Waals surface area contributed by atoms with Gasteiger partial charge < -0.3 is 0 Å². The van der Waals surface area contributed by atoms with Gasteiger partial charge in [-0.05, 0) is 56.4 Å². The Morgan fingerprint density at radius 1 is 0.786 bits per heavy atom. The third kappa shape index (κ3) is 6.73. The fourth-order valence-electron chi connectivity index (χ4n) is 1.90. The smallest absolute Gasteiger partial charge is 0.228 e. The highest BCUT2D eigenvalue weighted by Gasteiger charge is 2.13. The molecular formula is C22H17NO5. The Morgan fingerprint density at radius 3 is 1.89 bits per heavy atom. The third-order valence-corrected chi connectivity index (χ3v) is 3.51. The van der Waals surface area contributed by atoms with Gasteiger partial charge in [-0.2, -0.15) is 5.26 Å². The van der Waals surface area contributed by atoms with Crippen molar-refractivity contribution in [2.45, 2.75) is 13.8 Å². The lowest BCUT2D eigenvalue weighted by Crippen LogP contribution is -2.13.